The van der Waals surface area contributed by atoms with Crippen LogP contribution in [0.3, 0.4) is 0 Å². The fourth-order valence-electron chi connectivity index (χ4n) is 1.80. The van der Waals surface area contributed by atoms with E-state index in [1.54, 1.807) is 19.4 Å². The number of imidazole rings is 1. The molecule has 0 atom stereocenters. The molecule has 0 aliphatic rings. The van der Waals surface area contributed by atoms with Gasteiger partial charge in [-0.25, -0.2) is 14.4 Å². The van der Waals surface area contributed by atoms with E-state index in [0.717, 1.165) is 6.20 Å². The number of nitrogens with zero attached hydrogens (tertiary/aromatic N) is 3. The average molecular weight is 277 g/mol. The predicted molar refractivity (Wildman–Crippen MR) is 72.7 cm³/mol. The van der Waals surface area contributed by atoms with Crippen LogP contribution in [0.2, 0.25) is 0 Å². The van der Waals surface area contributed by atoms with Crippen molar-refractivity contribution in [3.63, 3.8) is 0 Å². The molecule has 0 bridgehead atoms. The van der Waals surface area contributed by atoms with Crippen molar-refractivity contribution in [2.24, 2.45) is 0 Å². The lowest BCUT2D eigenvalue weighted by Crippen LogP contribution is -2.28. The number of hydrogen-bond donors (Lipinski definition) is 2. The van der Waals surface area contributed by atoms with E-state index in [2.05, 4.69) is 20.3 Å². The second kappa shape index (κ2) is 6.14. The lowest BCUT2D eigenvalue weighted by atomic mass is 10.2. The summed E-state index contributed by atoms with van der Waals surface area (Å²) in [5.41, 5.74) is 0.209. The Bertz CT molecular complexity index is 584. The van der Waals surface area contributed by atoms with E-state index in [1.807, 2.05) is 6.92 Å². The zero-order chi connectivity index (χ0) is 14.5. The first-order valence-electron chi connectivity index (χ1n) is 6.25. The summed E-state index contributed by atoms with van der Waals surface area (Å²) in [7, 11) is 1.63. The van der Waals surface area contributed by atoms with Gasteiger partial charge in [0.15, 0.2) is 0 Å². The van der Waals surface area contributed by atoms with Crippen molar-refractivity contribution in [2.45, 2.75) is 13.5 Å². The van der Waals surface area contributed by atoms with E-state index >= 15 is 0 Å². The minimum absolute atomic E-state index is 0.209. The highest BCUT2D eigenvalue weighted by Crippen LogP contribution is 2.16. The Kier molecular flexibility index (Phi) is 4.29. The fraction of sp³-hybridized carbons (Fsp3) is 0.308. The molecule has 0 fully saturated rings. The Morgan fingerprint density at radius 2 is 2.30 bits per heavy atom. The summed E-state index contributed by atoms with van der Waals surface area (Å²) in [5, 5.41) is 2.95. The number of hydrogen-bond acceptors (Lipinski definition) is 4. The third-order valence-corrected chi connectivity index (χ3v) is 2.72. The molecule has 2 heterocycles. The van der Waals surface area contributed by atoms with Gasteiger partial charge in [0.1, 0.15) is 17.5 Å². The van der Waals surface area contributed by atoms with Gasteiger partial charge in [-0.15, -0.1) is 0 Å². The number of rotatable bonds is 5. The number of pyridine rings is 1. The zero-order valence-electron chi connectivity index (χ0n) is 11.4. The number of aromatic amines is 1. The quantitative estimate of drug-likeness (QED) is 0.871. The van der Waals surface area contributed by atoms with Crippen LogP contribution in [0.1, 0.15) is 23.1 Å². The summed E-state index contributed by atoms with van der Waals surface area (Å²) in [6.45, 7) is 2.79. The summed E-state index contributed by atoms with van der Waals surface area (Å²) < 4.78 is 13.3. The Labute approximate surface area is 116 Å². The smallest absolute Gasteiger partial charge is 0.257 e. The summed E-state index contributed by atoms with van der Waals surface area (Å²) in [5.74, 6) is 0.186. The first kappa shape index (κ1) is 14.0. The molecule has 2 aromatic heterocycles. The van der Waals surface area contributed by atoms with Crippen LogP contribution >= 0.6 is 0 Å². The molecule has 0 radical (unpaired) electrons. The molecule has 1 amide bonds. The maximum absolute atomic E-state index is 13.3. The molecule has 2 aromatic rings. The third kappa shape index (κ3) is 3.11. The van der Waals surface area contributed by atoms with Crippen molar-refractivity contribution in [2.75, 3.05) is 18.9 Å². The Balaban J connectivity index is 2.21. The van der Waals surface area contributed by atoms with Crippen LogP contribution in [0.5, 0.6) is 0 Å². The van der Waals surface area contributed by atoms with Crippen LogP contribution in [0.15, 0.2) is 24.7 Å². The Morgan fingerprint density at radius 1 is 1.50 bits per heavy atom. The third-order valence-electron chi connectivity index (χ3n) is 2.72. The summed E-state index contributed by atoms with van der Waals surface area (Å²) in [6.07, 6.45) is 4.38. The SMILES string of the molecule is CCNc1ncc(F)cc1C(=O)N(C)Cc1ncc[nH]1. The molecule has 0 aromatic carbocycles. The van der Waals surface area contributed by atoms with E-state index in [4.69, 9.17) is 0 Å². The van der Waals surface area contributed by atoms with Gasteiger partial charge in [-0.3, -0.25) is 4.79 Å². The lowest BCUT2D eigenvalue weighted by Gasteiger charge is -2.17. The number of anilines is 1. The number of carbonyl (C=O) groups is 1. The summed E-state index contributed by atoms with van der Waals surface area (Å²) >= 11 is 0. The number of halogens is 1. The molecule has 20 heavy (non-hydrogen) atoms. The molecule has 6 nitrogen and oxygen atoms in total. The van der Waals surface area contributed by atoms with E-state index < -0.39 is 5.82 Å². The highest BCUT2D eigenvalue weighted by Gasteiger charge is 2.18. The van der Waals surface area contributed by atoms with Crippen LogP contribution in [-0.2, 0) is 6.54 Å². The molecule has 0 unspecified atom stereocenters. The standard InChI is InChI=1S/C13H16FN5O/c1-3-15-12-10(6-9(14)7-18-12)13(20)19(2)8-11-16-4-5-17-11/h4-7H,3,8H2,1-2H3,(H,15,18)(H,16,17). The number of amides is 1. The maximum atomic E-state index is 13.3. The summed E-state index contributed by atoms with van der Waals surface area (Å²) in [6, 6.07) is 1.19. The molecular weight excluding hydrogens is 261 g/mol. The predicted octanol–water partition coefficient (Wildman–Crippen LogP) is 1.65. The minimum atomic E-state index is -0.540. The van der Waals surface area contributed by atoms with Gasteiger partial charge in [0, 0.05) is 26.0 Å². The second-order valence-corrected chi connectivity index (χ2v) is 4.28. The average Bonchev–Trinajstić information content (AvgIpc) is 2.93. The van der Waals surface area contributed by atoms with Crippen molar-refractivity contribution in [3.8, 4) is 0 Å². The normalized spacial score (nSPS) is 10.3. The van der Waals surface area contributed by atoms with Gasteiger partial charge in [-0.1, -0.05) is 0 Å². The second-order valence-electron chi connectivity index (χ2n) is 4.28. The Morgan fingerprint density at radius 3 is 2.95 bits per heavy atom. The number of carbonyl (C=O) groups excluding carboxylic acids is 1. The van der Waals surface area contributed by atoms with Gasteiger partial charge in [0.25, 0.3) is 5.91 Å². The zero-order valence-corrected chi connectivity index (χ0v) is 11.4. The molecule has 0 saturated heterocycles. The van der Waals surface area contributed by atoms with E-state index in [1.165, 1.54) is 11.0 Å². The van der Waals surface area contributed by atoms with Gasteiger partial charge >= 0.3 is 0 Å². The largest absolute Gasteiger partial charge is 0.370 e. The van der Waals surface area contributed by atoms with Crippen molar-refractivity contribution >= 4 is 11.7 Å². The van der Waals surface area contributed by atoms with Crippen molar-refractivity contribution in [1.29, 1.82) is 0 Å². The first-order valence-corrected chi connectivity index (χ1v) is 6.25. The molecule has 2 N–H and O–H groups in total. The minimum Gasteiger partial charge on any atom is -0.370 e. The van der Waals surface area contributed by atoms with E-state index in [0.29, 0.717) is 24.7 Å². The van der Waals surface area contributed by atoms with Gasteiger partial charge < -0.3 is 15.2 Å². The number of H-pyrrole nitrogens is 1. The highest BCUT2D eigenvalue weighted by atomic mass is 19.1. The first-order chi connectivity index (χ1) is 9.61. The maximum Gasteiger partial charge on any atom is 0.257 e. The molecule has 0 aliphatic carbocycles. The molecule has 0 saturated carbocycles. The van der Waals surface area contributed by atoms with Gasteiger partial charge in [0.05, 0.1) is 18.3 Å². The van der Waals surface area contributed by atoms with Crippen molar-refractivity contribution in [3.05, 3.63) is 41.9 Å². The van der Waals surface area contributed by atoms with Crippen molar-refractivity contribution in [1.82, 2.24) is 19.9 Å². The van der Waals surface area contributed by atoms with Crippen LogP contribution in [0.25, 0.3) is 0 Å². The van der Waals surface area contributed by atoms with Gasteiger partial charge in [-0.05, 0) is 13.0 Å². The fourth-order valence-corrected chi connectivity index (χ4v) is 1.80. The van der Waals surface area contributed by atoms with E-state index in [9.17, 15) is 9.18 Å². The van der Waals surface area contributed by atoms with Crippen molar-refractivity contribution < 1.29 is 9.18 Å². The molecule has 2 rings (SSSR count). The summed E-state index contributed by atoms with van der Waals surface area (Å²) in [4.78, 5) is 24.7. The van der Waals surface area contributed by atoms with Crippen LogP contribution in [-0.4, -0.2) is 39.4 Å². The number of nitrogens with one attached hydrogen (secondary N) is 2. The van der Waals surface area contributed by atoms with Crippen LogP contribution in [0, 0.1) is 5.82 Å². The monoisotopic (exact) mass is 277 g/mol. The molecular formula is C13H16FN5O. The Hall–Kier alpha value is -2.44. The van der Waals surface area contributed by atoms with Crippen LogP contribution in [0.4, 0.5) is 10.2 Å². The molecule has 106 valence electrons. The highest BCUT2D eigenvalue weighted by molar-refractivity contribution is 5.98. The van der Waals surface area contributed by atoms with Gasteiger partial charge in [0.2, 0.25) is 0 Å². The lowest BCUT2D eigenvalue weighted by molar-refractivity contribution is 0.0782. The molecule has 0 aliphatic heterocycles. The molecule has 0 spiro atoms. The molecule has 7 heteroatoms. The number of aromatic nitrogens is 3. The van der Waals surface area contributed by atoms with E-state index in [-0.39, 0.29) is 11.5 Å². The topological polar surface area (TPSA) is 73.9 Å². The van der Waals surface area contributed by atoms with Crippen LogP contribution < -0.4 is 5.32 Å². The van der Waals surface area contributed by atoms with Gasteiger partial charge in [-0.2, -0.15) is 0 Å².